The van der Waals surface area contributed by atoms with Crippen molar-refractivity contribution < 1.29 is 14.4 Å². The van der Waals surface area contributed by atoms with Crippen LogP contribution in [0.2, 0.25) is 0 Å². The van der Waals surface area contributed by atoms with Crippen LogP contribution in [0.1, 0.15) is 29.6 Å². The Kier molecular flexibility index (Phi) is 6.20. The number of H-pyrrole nitrogens is 1. The third-order valence-corrected chi connectivity index (χ3v) is 5.96. The summed E-state index contributed by atoms with van der Waals surface area (Å²) in [6.45, 7) is 3.26. The lowest BCUT2D eigenvalue weighted by Gasteiger charge is -2.38. The molecular weight excluding hydrogens is 398 g/mol. The Hall–Kier alpha value is -3.36. The molecule has 2 fully saturated rings. The molecule has 0 spiro atoms. The average Bonchev–Trinajstić information content (AvgIpc) is 2.83. The van der Waals surface area contributed by atoms with Crippen LogP contribution < -0.4 is 10.7 Å². The molecule has 4 amide bonds. The Labute approximate surface area is 180 Å². The highest BCUT2D eigenvalue weighted by molar-refractivity contribution is 5.98. The van der Waals surface area contributed by atoms with Gasteiger partial charge in [0.25, 0.3) is 5.91 Å². The number of nitrogens with one attached hydrogen (secondary N) is 2. The van der Waals surface area contributed by atoms with E-state index in [9.17, 15) is 19.2 Å². The number of piperidine rings is 1. The zero-order valence-corrected chi connectivity index (χ0v) is 17.4. The minimum absolute atomic E-state index is 0.0246. The lowest BCUT2D eigenvalue weighted by molar-refractivity contribution is -0.131. The van der Waals surface area contributed by atoms with E-state index in [1.54, 1.807) is 34.1 Å². The number of benzene rings is 1. The summed E-state index contributed by atoms with van der Waals surface area (Å²) in [5.41, 5.74) is 0.254. The van der Waals surface area contributed by atoms with Crippen LogP contribution in [-0.2, 0) is 4.79 Å². The molecule has 1 aromatic heterocycles. The minimum atomic E-state index is -0.584. The summed E-state index contributed by atoms with van der Waals surface area (Å²) in [5, 5.41) is 2.98. The first kappa shape index (κ1) is 20.9. The number of carbonyl (C=O) groups excluding carboxylic acids is 3. The maximum absolute atomic E-state index is 12.6. The van der Waals surface area contributed by atoms with Gasteiger partial charge in [-0.3, -0.25) is 14.4 Å². The van der Waals surface area contributed by atoms with Gasteiger partial charge >= 0.3 is 6.03 Å². The zero-order valence-electron chi connectivity index (χ0n) is 17.4. The maximum Gasteiger partial charge on any atom is 0.320 e. The number of amides is 4. The van der Waals surface area contributed by atoms with E-state index < -0.39 is 5.91 Å². The van der Waals surface area contributed by atoms with Gasteiger partial charge in [-0.2, -0.15) is 0 Å². The lowest BCUT2D eigenvalue weighted by atomic mass is 10.1. The number of piperazine rings is 1. The average molecular weight is 425 g/mol. The first-order chi connectivity index (χ1) is 15.0. The second-order valence-electron chi connectivity index (χ2n) is 7.96. The molecule has 4 rings (SSSR count). The van der Waals surface area contributed by atoms with Gasteiger partial charge in [-0.1, -0.05) is 12.1 Å². The molecule has 0 radical (unpaired) electrons. The van der Waals surface area contributed by atoms with Crippen molar-refractivity contribution in [3.63, 3.8) is 0 Å². The van der Waals surface area contributed by atoms with Crippen molar-refractivity contribution in [2.24, 2.45) is 0 Å². The number of aromatic amines is 1. The number of fused-ring (bicyclic) bond motifs is 1. The van der Waals surface area contributed by atoms with Crippen LogP contribution in [0, 0.1) is 0 Å². The molecule has 2 saturated heterocycles. The number of pyridine rings is 1. The molecule has 0 aliphatic carbocycles. The first-order valence-electron chi connectivity index (χ1n) is 10.7. The van der Waals surface area contributed by atoms with E-state index in [0.29, 0.717) is 37.1 Å². The monoisotopic (exact) mass is 425 g/mol. The van der Waals surface area contributed by atoms with Crippen molar-refractivity contribution in [2.45, 2.75) is 19.3 Å². The quantitative estimate of drug-likeness (QED) is 0.765. The molecule has 0 atom stereocenters. The molecular formula is C22H27N5O4. The fourth-order valence-corrected chi connectivity index (χ4v) is 4.13. The molecule has 2 aromatic rings. The molecule has 2 N–H and O–H groups in total. The summed E-state index contributed by atoms with van der Waals surface area (Å²) >= 11 is 0. The van der Waals surface area contributed by atoms with Gasteiger partial charge in [0.05, 0.1) is 6.54 Å². The van der Waals surface area contributed by atoms with E-state index >= 15 is 0 Å². The van der Waals surface area contributed by atoms with Crippen molar-refractivity contribution >= 4 is 28.7 Å². The Bertz CT molecular complexity index is 1040. The van der Waals surface area contributed by atoms with E-state index in [0.717, 1.165) is 25.9 Å². The van der Waals surface area contributed by atoms with Crippen LogP contribution in [0.25, 0.3) is 10.9 Å². The smallest absolute Gasteiger partial charge is 0.320 e. The van der Waals surface area contributed by atoms with Crippen LogP contribution in [0.3, 0.4) is 0 Å². The third kappa shape index (κ3) is 4.55. The number of carbonyl (C=O) groups is 3. The van der Waals surface area contributed by atoms with Gasteiger partial charge in [-0.25, -0.2) is 4.79 Å². The summed E-state index contributed by atoms with van der Waals surface area (Å²) in [6, 6.07) is 7.00. The van der Waals surface area contributed by atoms with Crippen LogP contribution in [0.5, 0.6) is 0 Å². The van der Waals surface area contributed by atoms with E-state index in [-0.39, 0.29) is 29.5 Å². The normalized spacial score (nSPS) is 17.0. The van der Waals surface area contributed by atoms with E-state index in [1.807, 2.05) is 4.90 Å². The van der Waals surface area contributed by atoms with Gasteiger partial charge in [-0.05, 0) is 31.4 Å². The molecule has 164 valence electrons. The van der Waals surface area contributed by atoms with E-state index in [2.05, 4.69) is 10.3 Å². The van der Waals surface area contributed by atoms with Gasteiger partial charge in [0.1, 0.15) is 5.56 Å². The molecule has 3 heterocycles. The Morgan fingerprint density at radius 1 is 0.871 bits per heavy atom. The molecule has 1 aromatic carbocycles. The molecule has 9 nitrogen and oxygen atoms in total. The van der Waals surface area contributed by atoms with Crippen LogP contribution in [0.4, 0.5) is 4.79 Å². The van der Waals surface area contributed by atoms with Gasteiger partial charge in [0.15, 0.2) is 0 Å². The predicted molar refractivity (Wildman–Crippen MR) is 116 cm³/mol. The molecule has 2 aliphatic rings. The van der Waals surface area contributed by atoms with Gasteiger partial charge < -0.3 is 25.0 Å². The topological polar surface area (TPSA) is 106 Å². The molecule has 0 saturated carbocycles. The lowest BCUT2D eigenvalue weighted by Crippen LogP contribution is -2.55. The number of hydrogen-bond acceptors (Lipinski definition) is 4. The minimum Gasteiger partial charge on any atom is -0.360 e. The van der Waals surface area contributed by atoms with Crippen molar-refractivity contribution in [2.75, 3.05) is 45.8 Å². The number of para-hydroxylation sites is 1. The summed E-state index contributed by atoms with van der Waals surface area (Å²) in [6.07, 6.45) is 4.63. The molecule has 2 aliphatic heterocycles. The highest BCUT2D eigenvalue weighted by atomic mass is 16.2. The van der Waals surface area contributed by atoms with Crippen molar-refractivity contribution in [1.29, 1.82) is 0 Å². The Morgan fingerprint density at radius 2 is 1.52 bits per heavy atom. The van der Waals surface area contributed by atoms with E-state index in [4.69, 9.17) is 0 Å². The second kappa shape index (κ2) is 9.20. The number of urea groups is 1. The second-order valence-corrected chi connectivity index (χ2v) is 7.96. The molecule has 0 unspecified atom stereocenters. The first-order valence-corrected chi connectivity index (χ1v) is 10.7. The molecule has 31 heavy (non-hydrogen) atoms. The number of likely N-dealkylation sites (tertiary alicyclic amines) is 1. The Morgan fingerprint density at radius 3 is 2.26 bits per heavy atom. The number of hydrogen-bond donors (Lipinski definition) is 2. The van der Waals surface area contributed by atoms with Crippen LogP contribution in [0.15, 0.2) is 35.3 Å². The fourth-order valence-electron chi connectivity index (χ4n) is 4.13. The van der Waals surface area contributed by atoms with Crippen molar-refractivity contribution in [3.8, 4) is 0 Å². The van der Waals surface area contributed by atoms with E-state index in [1.165, 1.54) is 12.6 Å². The van der Waals surface area contributed by atoms with Gasteiger partial charge in [0.2, 0.25) is 11.3 Å². The summed E-state index contributed by atoms with van der Waals surface area (Å²) < 4.78 is 0. The SMILES string of the molecule is O=C(NCC(=O)N1CCN(C(=O)N2CCCCC2)CC1)c1c[nH]c2ccccc2c1=O. The van der Waals surface area contributed by atoms with Crippen molar-refractivity contribution in [3.05, 3.63) is 46.2 Å². The number of rotatable bonds is 3. The molecule has 0 bridgehead atoms. The highest BCUT2D eigenvalue weighted by Gasteiger charge is 2.28. The van der Waals surface area contributed by atoms with Gasteiger partial charge in [-0.15, -0.1) is 0 Å². The summed E-state index contributed by atoms with van der Waals surface area (Å²) in [5.74, 6) is -0.810. The zero-order chi connectivity index (χ0) is 21.8. The van der Waals surface area contributed by atoms with Crippen LogP contribution >= 0.6 is 0 Å². The summed E-state index contributed by atoms with van der Waals surface area (Å²) in [7, 11) is 0. The fraction of sp³-hybridized carbons (Fsp3) is 0.455. The number of nitrogens with zero attached hydrogens (tertiary/aromatic N) is 3. The van der Waals surface area contributed by atoms with Crippen molar-refractivity contribution in [1.82, 2.24) is 25.0 Å². The van der Waals surface area contributed by atoms with Gasteiger partial charge in [0, 0.05) is 56.4 Å². The van der Waals surface area contributed by atoms with Crippen LogP contribution in [-0.4, -0.2) is 83.3 Å². The molecule has 9 heteroatoms. The predicted octanol–water partition coefficient (Wildman–Crippen LogP) is 1.01. The maximum atomic E-state index is 12.6. The largest absolute Gasteiger partial charge is 0.360 e. The third-order valence-electron chi connectivity index (χ3n) is 5.96. The number of aromatic nitrogens is 1. The Balaban J connectivity index is 1.29. The summed E-state index contributed by atoms with van der Waals surface area (Å²) in [4.78, 5) is 58.4. The standard InChI is InChI=1S/C22H27N5O4/c28-19(25-10-12-27(13-11-25)22(31)26-8-4-1-5-9-26)15-24-21(30)17-14-23-18-7-3-2-6-16(18)20(17)29/h2-3,6-7,14H,1,4-5,8-13,15H2,(H,23,29)(H,24,30). The highest BCUT2D eigenvalue weighted by Crippen LogP contribution is 2.13.